The van der Waals surface area contributed by atoms with Crippen LogP contribution in [0.1, 0.15) is 54.1 Å². The van der Waals surface area contributed by atoms with Gasteiger partial charge < -0.3 is 20.9 Å². The number of benzene rings is 3. The molecule has 2 unspecified atom stereocenters. The highest BCUT2D eigenvalue weighted by Gasteiger charge is 2.74. The molecule has 35 heavy (non-hydrogen) atoms. The number of Topliss-reactive ketones (excluding diaryl/α,β-unsaturated/α-hetero) is 1. The number of carbonyl (C=O) groups is 2. The molecule has 6 rings (SSSR count). The Balaban J connectivity index is 1.53. The highest BCUT2D eigenvalue weighted by atomic mass is 16.6. The Morgan fingerprint density at radius 1 is 1.09 bits per heavy atom. The monoisotopic (exact) mass is 466 g/mol. The zero-order valence-corrected chi connectivity index (χ0v) is 19.6. The maximum Gasteiger partial charge on any atom is 0.270 e. The molecule has 0 spiro atoms. The number of hydrogen-bond donors (Lipinski definition) is 3. The minimum absolute atomic E-state index is 0.220. The van der Waals surface area contributed by atoms with E-state index in [9.17, 15) is 14.7 Å². The first kappa shape index (κ1) is 21.6. The molecule has 2 atom stereocenters. The number of aliphatic hydroxyl groups is 1. The van der Waals surface area contributed by atoms with Gasteiger partial charge in [0.1, 0.15) is 5.75 Å². The highest BCUT2D eigenvalue weighted by molar-refractivity contribution is 6.16. The maximum absolute atomic E-state index is 14.1. The number of carbonyl (C=O) groups excluding carboxylic acids is 2. The summed E-state index contributed by atoms with van der Waals surface area (Å²) in [6.07, 6.45) is 2.88. The Hall–Kier alpha value is -3.90. The molecule has 4 N–H and O–H groups in total. The van der Waals surface area contributed by atoms with Crippen molar-refractivity contribution in [1.29, 1.82) is 0 Å². The summed E-state index contributed by atoms with van der Waals surface area (Å²) in [5, 5.41) is 16.9. The third-order valence-electron chi connectivity index (χ3n) is 7.44. The quantitative estimate of drug-likeness (QED) is 0.537. The predicted molar refractivity (Wildman–Crippen MR) is 133 cm³/mol. The molecule has 3 aromatic carbocycles. The average Bonchev–Trinajstić information content (AvgIpc) is 3.21. The second-order valence-corrected chi connectivity index (χ2v) is 9.81. The molecule has 0 aromatic heterocycles. The summed E-state index contributed by atoms with van der Waals surface area (Å²) in [5.74, 6) is -2.42. The van der Waals surface area contributed by atoms with Crippen LogP contribution in [-0.2, 0) is 10.3 Å². The second kappa shape index (κ2) is 7.30. The third-order valence-corrected chi connectivity index (χ3v) is 7.44. The smallest absolute Gasteiger partial charge is 0.270 e. The Bertz CT molecular complexity index is 1500. The van der Waals surface area contributed by atoms with E-state index in [4.69, 9.17) is 10.5 Å². The summed E-state index contributed by atoms with van der Waals surface area (Å²) in [6.45, 7) is 4.11. The van der Waals surface area contributed by atoms with Crippen molar-refractivity contribution in [1.82, 2.24) is 5.32 Å². The molecule has 6 heteroatoms. The van der Waals surface area contributed by atoms with Crippen molar-refractivity contribution in [2.45, 2.75) is 43.9 Å². The number of ketones is 1. The number of nitrogens with one attached hydrogen (secondary N) is 1. The van der Waals surface area contributed by atoms with Gasteiger partial charge in [0.25, 0.3) is 11.7 Å². The van der Waals surface area contributed by atoms with E-state index in [1.165, 1.54) is 0 Å². The number of rotatable bonds is 3. The summed E-state index contributed by atoms with van der Waals surface area (Å²) in [6, 6.07) is 18.6. The second-order valence-electron chi connectivity index (χ2n) is 9.81. The fourth-order valence-corrected chi connectivity index (χ4v) is 5.56. The van der Waals surface area contributed by atoms with E-state index < -0.39 is 23.0 Å². The van der Waals surface area contributed by atoms with Crippen molar-refractivity contribution in [3.63, 3.8) is 0 Å². The highest BCUT2D eigenvalue weighted by Crippen LogP contribution is 2.59. The largest absolute Gasteiger partial charge is 0.454 e. The molecule has 3 aliphatic rings. The average molecular weight is 467 g/mol. The molecule has 0 saturated heterocycles. The van der Waals surface area contributed by atoms with Crippen LogP contribution in [0.15, 0.2) is 83.6 Å². The first-order chi connectivity index (χ1) is 16.8. The van der Waals surface area contributed by atoms with E-state index in [-0.39, 0.29) is 11.5 Å². The number of amides is 1. The van der Waals surface area contributed by atoms with Crippen LogP contribution >= 0.6 is 0 Å². The zero-order chi connectivity index (χ0) is 24.5. The van der Waals surface area contributed by atoms with Crippen LogP contribution in [0.5, 0.6) is 5.75 Å². The van der Waals surface area contributed by atoms with E-state index in [0.717, 1.165) is 16.3 Å². The van der Waals surface area contributed by atoms with Crippen molar-refractivity contribution in [3.05, 3.63) is 100 Å². The molecule has 1 fully saturated rings. The van der Waals surface area contributed by atoms with E-state index in [1.807, 2.05) is 42.5 Å². The first-order valence-corrected chi connectivity index (χ1v) is 11.9. The lowest BCUT2D eigenvalue weighted by molar-refractivity contribution is -0.152. The minimum atomic E-state index is -2.09. The van der Waals surface area contributed by atoms with Gasteiger partial charge in [-0.15, -0.1) is 0 Å². The van der Waals surface area contributed by atoms with Crippen LogP contribution in [0.2, 0.25) is 0 Å². The number of ether oxygens (including phenoxy) is 1. The van der Waals surface area contributed by atoms with Crippen molar-refractivity contribution < 1.29 is 19.4 Å². The van der Waals surface area contributed by atoms with Gasteiger partial charge in [-0.3, -0.25) is 9.59 Å². The van der Waals surface area contributed by atoms with Crippen LogP contribution < -0.4 is 15.8 Å². The molecular weight excluding hydrogens is 440 g/mol. The van der Waals surface area contributed by atoms with Gasteiger partial charge in [0.05, 0.1) is 0 Å². The lowest BCUT2D eigenvalue weighted by Crippen LogP contribution is -2.62. The van der Waals surface area contributed by atoms with Gasteiger partial charge in [-0.1, -0.05) is 62.4 Å². The molecular formula is C29H26N2O4. The summed E-state index contributed by atoms with van der Waals surface area (Å²) in [4.78, 5) is 27.7. The third kappa shape index (κ3) is 2.80. The minimum Gasteiger partial charge on any atom is -0.454 e. The summed E-state index contributed by atoms with van der Waals surface area (Å²) < 4.78 is 6.17. The van der Waals surface area contributed by atoms with E-state index in [2.05, 4.69) is 19.2 Å². The Labute approximate surface area is 203 Å². The molecule has 2 aliphatic carbocycles. The molecule has 3 aromatic rings. The molecule has 1 amide bonds. The van der Waals surface area contributed by atoms with Gasteiger partial charge in [0.15, 0.2) is 0 Å². The standard InChI is InChI=1S/C29H26N2O4/c1-16(2)18-12-13-21-24(15-18)35-29(34)22-8-5-9-23(30)25(22)26(32)28(21,29)31-27(33)20-11-10-17-6-3-4-7-19(17)14-20/h3-4,6-8,10-16,34H,5,9,30H2,1-2H3,(H,31,33). The fraction of sp³-hybridized carbons (Fsp3) is 0.241. The van der Waals surface area contributed by atoms with Crippen molar-refractivity contribution in [2.24, 2.45) is 5.73 Å². The molecule has 1 heterocycles. The van der Waals surface area contributed by atoms with Gasteiger partial charge >= 0.3 is 0 Å². The molecule has 6 nitrogen and oxygen atoms in total. The summed E-state index contributed by atoms with van der Waals surface area (Å²) in [7, 11) is 0. The molecule has 0 radical (unpaired) electrons. The van der Waals surface area contributed by atoms with Gasteiger partial charge in [0, 0.05) is 28.0 Å². The Morgan fingerprint density at radius 3 is 2.63 bits per heavy atom. The molecule has 0 bridgehead atoms. The topological polar surface area (TPSA) is 102 Å². The van der Waals surface area contributed by atoms with Gasteiger partial charge in [-0.25, -0.2) is 0 Å². The summed E-state index contributed by atoms with van der Waals surface area (Å²) in [5.41, 5.74) is 7.21. The maximum atomic E-state index is 14.1. The van der Waals surface area contributed by atoms with Gasteiger partial charge in [-0.05, 0) is 53.3 Å². The van der Waals surface area contributed by atoms with Crippen molar-refractivity contribution >= 4 is 22.5 Å². The SMILES string of the molecule is CC(C)c1ccc2c(c1)OC1(O)C3=CCCC(N)=C3C(=O)C21NC(=O)c1ccc2ccccc2c1. The molecule has 1 saturated carbocycles. The van der Waals surface area contributed by atoms with Crippen molar-refractivity contribution in [3.8, 4) is 5.75 Å². The zero-order valence-electron chi connectivity index (χ0n) is 19.6. The van der Waals surface area contributed by atoms with E-state index in [0.29, 0.717) is 41.0 Å². The van der Waals surface area contributed by atoms with Crippen molar-refractivity contribution in [2.75, 3.05) is 0 Å². The van der Waals surface area contributed by atoms with E-state index in [1.54, 1.807) is 24.3 Å². The van der Waals surface area contributed by atoms with Gasteiger partial charge in [0.2, 0.25) is 11.3 Å². The fourth-order valence-electron chi connectivity index (χ4n) is 5.56. The number of nitrogens with two attached hydrogens (primary N) is 1. The van der Waals surface area contributed by atoms with Crippen LogP contribution in [0.4, 0.5) is 0 Å². The van der Waals surface area contributed by atoms with Crippen LogP contribution in [0.25, 0.3) is 10.8 Å². The van der Waals surface area contributed by atoms with Crippen LogP contribution in [-0.4, -0.2) is 22.6 Å². The number of hydrogen-bond acceptors (Lipinski definition) is 5. The van der Waals surface area contributed by atoms with Crippen LogP contribution in [0.3, 0.4) is 0 Å². The van der Waals surface area contributed by atoms with Crippen LogP contribution in [0, 0.1) is 0 Å². The van der Waals surface area contributed by atoms with E-state index >= 15 is 0 Å². The molecule has 1 aliphatic heterocycles. The Morgan fingerprint density at radius 2 is 1.86 bits per heavy atom. The van der Waals surface area contributed by atoms with Gasteiger partial charge in [-0.2, -0.15) is 0 Å². The first-order valence-electron chi connectivity index (χ1n) is 11.9. The number of fused-ring (bicyclic) bond motifs is 6. The normalized spacial score (nSPS) is 24.7. The summed E-state index contributed by atoms with van der Waals surface area (Å²) >= 11 is 0. The number of allylic oxidation sites excluding steroid dienone is 2. The molecule has 176 valence electrons. The lowest BCUT2D eigenvalue weighted by Gasteiger charge is -2.34. The lowest BCUT2D eigenvalue weighted by atomic mass is 9.82. The Kier molecular flexibility index (Phi) is 4.51. The predicted octanol–water partition coefficient (Wildman–Crippen LogP) is 4.19.